The largest absolute Gasteiger partial charge is 0.376 e. The van der Waals surface area contributed by atoms with Gasteiger partial charge in [0.2, 0.25) is 10.0 Å². The van der Waals surface area contributed by atoms with E-state index >= 15 is 0 Å². The molecule has 0 N–H and O–H groups in total. The van der Waals surface area contributed by atoms with Crippen LogP contribution in [-0.2, 0) is 21.3 Å². The molecule has 1 aromatic heterocycles. The first-order valence-electron chi connectivity index (χ1n) is 11.4. The van der Waals surface area contributed by atoms with Gasteiger partial charge in [0.15, 0.2) is 0 Å². The average molecular weight is 458 g/mol. The van der Waals surface area contributed by atoms with Gasteiger partial charge in [-0.25, -0.2) is 8.42 Å². The lowest BCUT2D eigenvalue weighted by Gasteiger charge is -2.26. The molecule has 2 fully saturated rings. The maximum Gasteiger partial charge on any atom is 0.254 e. The Hall–Kier alpha value is -2.29. The number of ether oxygens (including phenoxy) is 1. The van der Waals surface area contributed by atoms with Crippen LogP contribution < -0.4 is 0 Å². The highest BCUT2D eigenvalue weighted by Gasteiger charge is 2.27. The lowest BCUT2D eigenvalue weighted by molar-refractivity contribution is 0.0507. The van der Waals surface area contributed by atoms with Crippen molar-refractivity contribution in [2.24, 2.45) is 0 Å². The van der Waals surface area contributed by atoms with E-state index < -0.39 is 10.0 Å². The van der Waals surface area contributed by atoms with E-state index in [-0.39, 0.29) is 16.9 Å². The fourth-order valence-corrected chi connectivity index (χ4v) is 5.87. The van der Waals surface area contributed by atoms with Crippen LogP contribution >= 0.6 is 0 Å². The molecule has 7 nitrogen and oxygen atoms in total. The minimum Gasteiger partial charge on any atom is -0.376 e. The molecule has 172 valence electrons. The van der Waals surface area contributed by atoms with Crippen LogP contribution in [0.3, 0.4) is 0 Å². The predicted molar refractivity (Wildman–Crippen MR) is 122 cm³/mol. The zero-order valence-corrected chi connectivity index (χ0v) is 19.2. The monoisotopic (exact) mass is 457 g/mol. The second-order valence-corrected chi connectivity index (χ2v) is 10.5. The normalized spacial score (nSPS) is 20.1. The number of benzene rings is 1. The topological polar surface area (TPSA) is 79.8 Å². The first kappa shape index (κ1) is 22.9. The smallest absolute Gasteiger partial charge is 0.254 e. The number of hydrogen-bond acceptors (Lipinski definition) is 5. The first-order chi connectivity index (χ1) is 15.5. The van der Waals surface area contributed by atoms with Crippen LogP contribution in [0.15, 0.2) is 53.7 Å². The van der Waals surface area contributed by atoms with E-state index in [4.69, 9.17) is 4.74 Å². The van der Waals surface area contributed by atoms with Crippen molar-refractivity contribution >= 4 is 15.9 Å². The third kappa shape index (κ3) is 5.54. The summed E-state index contributed by atoms with van der Waals surface area (Å²) in [6.07, 6.45) is 9.34. The number of hydrogen-bond donors (Lipinski definition) is 0. The predicted octanol–water partition coefficient (Wildman–Crippen LogP) is 3.47. The van der Waals surface area contributed by atoms with Gasteiger partial charge in [-0.05, 0) is 61.6 Å². The van der Waals surface area contributed by atoms with E-state index in [0.29, 0.717) is 31.7 Å². The van der Waals surface area contributed by atoms with Gasteiger partial charge in [-0.2, -0.15) is 4.31 Å². The average Bonchev–Trinajstić information content (AvgIpc) is 3.17. The summed E-state index contributed by atoms with van der Waals surface area (Å²) in [5.41, 5.74) is 1.42. The number of carbonyl (C=O) groups excluding carboxylic acids is 1. The Balaban J connectivity index is 1.51. The molecule has 0 bridgehead atoms. The highest BCUT2D eigenvalue weighted by atomic mass is 32.2. The summed E-state index contributed by atoms with van der Waals surface area (Å²) in [6, 6.07) is 10.2. The van der Waals surface area contributed by atoms with Gasteiger partial charge in [0, 0.05) is 50.7 Å². The van der Waals surface area contributed by atoms with Crippen LogP contribution in [0.4, 0.5) is 0 Å². The molecule has 0 saturated carbocycles. The van der Waals surface area contributed by atoms with Crippen LogP contribution in [0.1, 0.15) is 54.4 Å². The lowest BCUT2D eigenvalue weighted by Crippen LogP contribution is -2.37. The molecule has 2 saturated heterocycles. The molecule has 0 aliphatic carbocycles. The van der Waals surface area contributed by atoms with E-state index in [1.807, 2.05) is 12.1 Å². The van der Waals surface area contributed by atoms with Crippen molar-refractivity contribution in [1.82, 2.24) is 14.2 Å². The van der Waals surface area contributed by atoms with Crippen molar-refractivity contribution in [2.45, 2.75) is 56.1 Å². The summed E-state index contributed by atoms with van der Waals surface area (Å²) in [4.78, 5) is 19.5. The Morgan fingerprint density at radius 3 is 2.44 bits per heavy atom. The zero-order chi connectivity index (χ0) is 22.4. The van der Waals surface area contributed by atoms with E-state index in [1.165, 1.54) is 0 Å². The van der Waals surface area contributed by atoms with Crippen LogP contribution in [0.25, 0.3) is 0 Å². The Labute approximate surface area is 190 Å². The van der Waals surface area contributed by atoms with Gasteiger partial charge in [0.1, 0.15) is 0 Å². The summed E-state index contributed by atoms with van der Waals surface area (Å²) >= 11 is 0. The standard InChI is InChI=1S/C24H31N3O4S/c28-24(26(19-22-8-6-16-31-22)18-20-7-5-13-25-17-20)21-9-11-23(12-10-21)32(29,30)27-14-3-1-2-4-15-27/h5,7,9-13,17,22H,1-4,6,8,14-16,18-19H2. The molecule has 2 aromatic rings. The summed E-state index contributed by atoms with van der Waals surface area (Å²) in [7, 11) is -3.54. The summed E-state index contributed by atoms with van der Waals surface area (Å²) in [6.45, 7) is 2.77. The van der Waals surface area contributed by atoms with Crippen molar-refractivity contribution in [3.05, 3.63) is 59.9 Å². The molecule has 1 amide bonds. The molecule has 32 heavy (non-hydrogen) atoms. The van der Waals surface area contributed by atoms with E-state index in [1.54, 1.807) is 45.9 Å². The van der Waals surface area contributed by atoms with Gasteiger partial charge < -0.3 is 9.64 Å². The fourth-order valence-electron chi connectivity index (χ4n) is 4.35. The van der Waals surface area contributed by atoms with Crippen molar-refractivity contribution in [2.75, 3.05) is 26.2 Å². The minimum atomic E-state index is -3.54. The second-order valence-electron chi connectivity index (χ2n) is 8.52. The van der Waals surface area contributed by atoms with Gasteiger partial charge in [-0.15, -0.1) is 0 Å². The van der Waals surface area contributed by atoms with Gasteiger partial charge in [-0.1, -0.05) is 18.9 Å². The molecule has 0 radical (unpaired) electrons. The highest BCUT2D eigenvalue weighted by Crippen LogP contribution is 2.22. The van der Waals surface area contributed by atoms with Crippen molar-refractivity contribution in [3.63, 3.8) is 0 Å². The molecule has 1 atom stereocenters. The zero-order valence-electron chi connectivity index (χ0n) is 18.4. The van der Waals surface area contributed by atoms with Crippen molar-refractivity contribution < 1.29 is 17.9 Å². The van der Waals surface area contributed by atoms with Crippen LogP contribution in [0.2, 0.25) is 0 Å². The van der Waals surface area contributed by atoms with E-state index in [0.717, 1.165) is 50.7 Å². The van der Waals surface area contributed by atoms with Gasteiger partial charge in [-0.3, -0.25) is 9.78 Å². The molecule has 8 heteroatoms. The third-order valence-electron chi connectivity index (χ3n) is 6.14. The maximum absolute atomic E-state index is 13.3. The van der Waals surface area contributed by atoms with Crippen LogP contribution in [-0.4, -0.2) is 60.9 Å². The number of amides is 1. The Bertz CT molecular complexity index is 982. The molecular formula is C24H31N3O4S. The summed E-state index contributed by atoms with van der Waals surface area (Å²) in [5, 5.41) is 0. The Morgan fingerprint density at radius 1 is 1.06 bits per heavy atom. The fraction of sp³-hybridized carbons (Fsp3) is 0.500. The van der Waals surface area contributed by atoms with E-state index in [2.05, 4.69) is 4.98 Å². The molecule has 1 aromatic carbocycles. The van der Waals surface area contributed by atoms with Gasteiger partial charge in [0.25, 0.3) is 5.91 Å². The van der Waals surface area contributed by atoms with Gasteiger partial charge in [0.05, 0.1) is 11.0 Å². The molecule has 0 spiro atoms. The lowest BCUT2D eigenvalue weighted by atomic mass is 10.1. The summed E-state index contributed by atoms with van der Waals surface area (Å²) < 4.78 is 33.4. The maximum atomic E-state index is 13.3. The number of aromatic nitrogens is 1. The Morgan fingerprint density at radius 2 is 1.81 bits per heavy atom. The highest BCUT2D eigenvalue weighted by molar-refractivity contribution is 7.89. The number of rotatable bonds is 7. The molecular weight excluding hydrogens is 426 g/mol. The number of sulfonamides is 1. The first-order valence-corrected chi connectivity index (χ1v) is 12.9. The van der Waals surface area contributed by atoms with E-state index in [9.17, 15) is 13.2 Å². The van der Waals surface area contributed by atoms with Crippen LogP contribution in [0.5, 0.6) is 0 Å². The second kappa shape index (κ2) is 10.6. The van der Waals surface area contributed by atoms with Crippen molar-refractivity contribution in [3.8, 4) is 0 Å². The SMILES string of the molecule is O=C(c1ccc(S(=O)(=O)N2CCCCCC2)cc1)N(Cc1cccnc1)CC1CCCO1. The molecule has 1 unspecified atom stereocenters. The number of carbonyl (C=O) groups is 1. The quantitative estimate of drug-likeness (QED) is 0.636. The number of nitrogens with zero attached hydrogens (tertiary/aromatic N) is 3. The van der Waals surface area contributed by atoms with Crippen LogP contribution in [0, 0.1) is 0 Å². The summed E-state index contributed by atoms with van der Waals surface area (Å²) in [5.74, 6) is -0.136. The Kier molecular flexibility index (Phi) is 7.55. The van der Waals surface area contributed by atoms with Crippen molar-refractivity contribution in [1.29, 1.82) is 0 Å². The molecule has 4 rings (SSSR count). The molecule has 2 aliphatic heterocycles. The minimum absolute atomic E-state index is 0.0262. The molecule has 2 aliphatic rings. The third-order valence-corrected chi connectivity index (χ3v) is 8.05. The number of pyridine rings is 1. The molecule has 3 heterocycles. The van der Waals surface area contributed by atoms with Gasteiger partial charge >= 0.3 is 0 Å².